The largest absolute Gasteiger partial charge is 0.494 e. The van der Waals surface area contributed by atoms with Crippen LogP contribution in [-0.4, -0.2) is 34.0 Å². The van der Waals surface area contributed by atoms with Crippen LogP contribution in [0.1, 0.15) is 24.7 Å². The molecule has 2 aromatic rings. The molecule has 0 bridgehead atoms. The number of aromatic nitrogens is 3. The van der Waals surface area contributed by atoms with Crippen LogP contribution in [0.5, 0.6) is 5.75 Å². The first-order valence-corrected chi connectivity index (χ1v) is 7.70. The van der Waals surface area contributed by atoms with E-state index in [0.717, 1.165) is 35.3 Å². The van der Waals surface area contributed by atoms with Crippen LogP contribution >= 0.6 is 11.8 Å². The molecule has 1 aromatic carbocycles. The number of hydrogen-bond donors (Lipinski definition) is 0. The Hall–Kier alpha value is -1.82. The lowest BCUT2D eigenvalue weighted by Gasteiger charge is -2.04. The molecule has 0 unspecified atom stereocenters. The van der Waals surface area contributed by atoms with E-state index in [4.69, 9.17) is 4.74 Å². The van der Waals surface area contributed by atoms with Gasteiger partial charge in [-0.25, -0.2) is 0 Å². The summed E-state index contributed by atoms with van der Waals surface area (Å²) in [5, 5.41) is 13.2. The number of thioether (sulfide) groups is 1. The molecule has 0 N–H and O–H groups in total. The molecule has 20 heavy (non-hydrogen) atoms. The van der Waals surface area contributed by atoms with Crippen LogP contribution in [0.3, 0.4) is 0 Å². The standard InChI is InChI=1S/C14H18N4OS/c1-4-9-19-13-7-5-12(6-8-13)10-15-18-11(2)16-17-14(18)20-3/h5-8,10H,4,9H2,1-3H3/b15-10-. The highest BCUT2D eigenvalue weighted by Crippen LogP contribution is 2.14. The van der Waals surface area contributed by atoms with Gasteiger partial charge in [-0.3, -0.25) is 0 Å². The van der Waals surface area contributed by atoms with E-state index in [0.29, 0.717) is 0 Å². The van der Waals surface area contributed by atoms with Crippen molar-refractivity contribution in [1.82, 2.24) is 14.9 Å². The van der Waals surface area contributed by atoms with E-state index < -0.39 is 0 Å². The summed E-state index contributed by atoms with van der Waals surface area (Å²) in [7, 11) is 0. The van der Waals surface area contributed by atoms with Crippen LogP contribution in [0, 0.1) is 6.92 Å². The summed E-state index contributed by atoms with van der Waals surface area (Å²) in [4.78, 5) is 0. The van der Waals surface area contributed by atoms with Crippen molar-refractivity contribution in [2.45, 2.75) is 25.4 Å². The van der Waals surface area contributed by atoms with Crippen molar-refractivity contribution in [1.29, 1.82) is 0 Å². The Balaban J connectivity index is 2.09. The van der Waals surface area contributed by atoms with E-state index >= 15 is 0 Å². The monoisotopic (exact) mass is 290 g/mol. The van der Waals surface area contributed by atoms with E-state index in [-0.39, 0.29) is 0 Å². The summed E-state index contributed by atoms with van der Waals surface area (Å²) in [5.74, 6) is 1.66. The third kappa shape index (κ3) is 3.60. The van der Waals surface area contributed by atoms with Crippen LogP contribution < -0.4 is 4.74 Å². The van der Waals surface area contributed by atoms with E-state index in [9.17, 15) is 0 Å². The molecule has 1 heterocycles. The Morgan fingerprint density at radius 1 is 1.30 bits per heavy atom. The summed E-state index contributed by atoms with van der Waals surface area (Å²) in [6.45, 7) is 4.71. The topological polar surface area (TPSA) is 52.3 Å². The second-order valence-corrected chi connectivity index (χ2v) is 4.98. The zero-order valence-corrected chi connectivity index (χ0v) is 12.7. The first-order valence-electron chi connectivity index (χ1n) is 6.47. The molecular formula is C14H18N4OS. The van der Waals surface area contributed by atoms with Crippen molar-refractivity contribution in [3.05, 3.63) is 35.7 Å². The fourth-order valence-electron chi connectivity index (χ4n) is 1.59. The van der Waals surface area contributed by atoms with Crippen LogP contribution in [0.25, 0.3) is 0 Å². The molecule has 0 atom stereocenters. The molecule has 0 saturated carbocycles. The van der Waals surface area contributed by atoms with E-state index in [1.807, 2.05) is 37.4 Å². The second-order valence-electron chi connectivity index (χ2n) is 4.21. The Kier molecular flexibility index (Phi) is 5.17. The molecule has 0 aliphatic carbocycles. The lowest BCUT2D eigenvalue weighted by molar-refractivity contribution is 0.317. The van der Waals surface area contributed by atoms with Gasteiger partial charge in [-0.2, -0.15) is 9.78 Å². The molecule has 0 aliphatic heterocycles. The highest BCUT2D eigenvalue weighted by Gasteiger charge is 2.05. The van der Waals surface area contributed by atoms with Gasteiger partial charge >= 0.3 is 0 Å². The maximum Gasteiger partial charge on any atom is 0.211 e. The van der Waals surface area contributed by atoms with Gasteiger partial charge in [-0.05, 0) is 49.4 Å². The maximum atomic E-state index is 5.54. The number of nitrogens with zero attached hydrogens (tertiary/aromatic N) is 4. The smallest absolute Gasteiger partial charge is 0.211 e. The SMILES string of the molecule is CCCOc1ccc(/C=N\n2c(C)nnc2SC)cc1. The maximum absolute atomic E-state index is 5.54. The minimum absolute atomic E-state index is 0.740. The molecule has 0 aliphatic rings. The van der Waals surface area contributed by atoms with Gasteiger partial charge in [-0.15, -0.1) is 10.2 Å². The molecule has 0 fully saturated rings. The van der Waals surface area contributed by atoms with Crippen molar-refractivity contribution in [2.24, 2.45) is 5.10 Å². The fraction of sp³-hybridized carbons (Fsp3) is 0.357. The van der Waals surface area contributed by atoms with Gasteiger partial charge in [0.1, 0.15) is 5.75 Å². The molecule has 0 radical (unpaired) electrons. The van der Waals surface area contributed by atoms with Gasteiger partial charge in [0, 0.05) is 0 Å². The summed E-state index contributed by atoms with van der Waals surface area (Å²) in [6.07, 6.45) is 4.75. The zero-order chi connectivity index (χ0) is 14.4. The average Bonchev–Trinajstić information content (AvgIpc) is 2.84. The highest BCUT2D eigenvalue weighted by molar-refractivity contribution is 7.98. The van der Waals surface area contributed by atoms with Crippen molar-refractivity contribution in [3.8, 4) is 5.75 Å². The number of hydrogen-bond acceptors (Lipinski definition) is 5. The summed E-state index contributed by atoms with van der Waals surface area (Å²) < 4.78 is 7.27. The van der Waals surface area contributed by atoms with Gasteiger partial charge in [0.15, 0.2) is 5.82 Å². The van der Waals surface area contributed by atoms with Crippen molar-refractivity contribution >= 4 is 18.0 Å². The second kappa shape index (κ2) is 7.09. The number of ether oxygens (including phenoxy) is 1. The first kappa shape index (κ1) is 14.6. The Labute approximate surface area is 123 Å². The number of rotatable bonds is 6. The van der Waals surface area contributed by atoms with Gasteiger partial charge in [0.2, 0.25) is 5.16 Å². The number of aryl methyl sites for hydroxylation is 1. The summed E-state index contributed by atoms with van der Waals surface area (Å²) >= 11 is 1.52. The predicted molar refractivity (Wildman–Crippen MR) is 81.8 cm³/mol. The van der Waals surface area contributed by atoms with E-state index in [1.165, 1.54) is 11.8 Å². The molecule has 1 aromatic heterocycles. The molecular weight excluding hydrogens is 272 g/mol. The van der Waals surface area contributed by atoms with E-state index in [1.54, 1.807) is 10.9 Å². The average molecular weight is 290 g/mol. The molecule has 6 heteroatoms. The van der Waals surface area contributed by atoms with Crippen LogP contribution in [-0.2, 0) is 0 Å². The van der Waals surface area contributed by atoms with Gasteiger partial charge < -0.3 is 4.74 Å². The Morgan fingerprint density at radius 2 is 2.05 bits per heavy atom. The number of benzene rings is 1. The lowest BCUT2D eigenvalue weighted by Crippen LogP contribution is -1.96. The highest BCUT2D eigenvalue weighted by atomic mass is 32.2. The Morgan fingerprint density at radius 3 is 2.70 bits per heavy atom. The van der Waals surface area contributed by atoms with Gasteiger partial charge in [-0.1, -0.05) is 18.7 Å². The first-order chi connectivity index (χ1) is 9.74. The quantitative estimate of drug-likeness (QED) is 0.606. The van der Waals surface area contributed by atoms with Crippen LogP contribution in [0.15, 0.2) is 34.5 Å². The molecule has 106 valence electrons. The lowest BCUT2D eigenvalue weighted by atomic mass is 10.2. The van der Waals surface area contributed by atoms with Crippen molar-refractivity contribution in [2.75, 3.05) is 12.9 Å². The van der Waals surface area contributed by atoms with Crippen LogP contribution in [0.4, 0.5) is 0 Å². The van der Waals surface area contributed by atoms with Crippen LogP contribution in [0.2, 0.25) is 0 Å². The van der Waals surface area contributed by atoms with Gasteiger partial charge in [0.05, 0.1) is 12.8 Å². The minimum Gasteiger partial charge on any atom is -0.494 e. The van der Waals surface area contributed by atoms with Gasteiger partial charge in [0.25, 0.3) is 0 Å². The van der Waals surface area contributed by atoms with Crippen molar-refractivity contribution in [3.63, 3.8) is 0 Å². The predicted octanol–water partition coefficient (Wildman–Crippen LogP) is 2.98. The molecule has 5 nitrogen and oxygen atoms in total. The normalized spacial score (nSPS) is 11.2. The molecule has 2 rings (SSSR count). The minimum atomic E-state index is 0.740. The third-order valence-corrected chi connectivity index (χ3v) is 3.25. The molecule has 0 spiro atoms. The van der Waals surface area contributed by atoms with Crippen molar-refractivity contribution < 1.29 is 4.74 Å². The molecule has 0 saturated heterocycles. The fourth-order valence-corrected chi connectivity index (χ4v) is 2.07. The third-order valence-electron chi connectivity index (χ3n) is 2.63. The molecule has 0 amide bonds. The van der Waals surface area contributed by atoms with E-state index in [2.05, 4.69) is 22.2 Å². The Bertz CT molecular complexity index is 577. The summed E-state index contributed by atoms with van der Waals surface area (Å²) in [6, 6.07) is 7.86. The zero-order valence-electron chi connectivity index (χ0n) is 11.9. The summed E-state index contributed by atoms with van der Waals surface area (Å²) in [5.41, 5.74) is 1.01.